The fraction of sp³-hybridized carbons (Fsp3) is 0.545. The number of carbonyl (C=O) groups is 1. The summed E-state index contributed by atoms with van der Waals surface area (Å²) in [6.07, 6.45) is 4.61. The Kier molecular flexibility index (Phi) is 5.49. The van der Waals surface area contributed by atoms with Gasteiger partial charge in [0.1, 0.15) is 5.60 Å². The second-order valence-electron chi connectivity index (χ2n) is 8.78. The summed E-state index contributed by atoms with van der Waals surface area (Å²) in [5.41, 5.74) is 2.26. The Labute approximate surface area is 176 Å². The average Bonchev–Trinajstić information content (AvgIpc) is 3.25. The molecule has 1 aromatic heterocycles. The molecule has 1 saturated heterocycles. The summed E-state index contributed by atoms with van der Waals surface area (Å²) < 4.78 is 11.1. The molecule has 2 aromatic rings. The number of anilines is 1. The lowest BCUT2D eigenvalue weighted by Gasteiger charge is -2.30. The van der Waals surface area contributed by atoms with Gasteiger partial charge in [0.25, 0.3) is 5.89 Å². The number of carbonyl (C=O) groups excluding carboxylic acids is 1. The van der Waals surface area contributed by atoms with Crippen molar-refractivity contribution in [2.24, 2.45) is 0 Å². The largest absolute Gasteiger partial charge is 0.443 e. The number of hydrogen-bond donors (Lipinski definition) is 2. The molecular formula is C22H29N5O3. The topological polar surface area (TPSA) is 104 Å². The van der Waals surface area contributed by atoms with E-state index >= 15 is 0 Å². The first-order valence-corrected chi connectivity index (χ1v) is 10.6. The predicted octanol–water partition coefficient (Wildman–Crippen LogP) is 4.42. The van der Waals surface area contributed by atoms with Crippen molar-refractivity contribution >= 4 is 18.0 Å². The molecule has 30 heavy (non-hydrogen) atoms. The third kappa shape index (κ3) is 4.47. The van der Waals surface area contributed by atoms with Crippen molar-refractivity contribution in [2.45, 2.75) is 64.0 Å². The molecule has 1 aromatic carbocycles. The van der Waals surface area contributed by atoms with E-state index < -0.39 is 0 Å². The number of likely N-dealkylation sites (tertiary alicyclic amines) is 1. The zero-order valence-corrected chi connectivity index (χ0v) is 17.8. The van der Waals surface area contributed by atoms with E-state index in [0.29, 0.717) is 24.8 Å². The van der Waals surface area contributed by atoms with Crippen molar-refractivity contribution in [3.8, 4) is 11.5 Å². The van der Waals surface area contributed by atoms with Crippen LogP contribution in [0.5, 0.6) is 0 Å². The summed E-state index contributed by atoms with van der Waals surface area (Å²) in [5.74, 6) is 1.32. The number of nitrogens with zero attached hydrogens (tertiary/aromatic N) is 3. The molecule has 2 fully saturated rings. The molecule has 2 heterocycles. The molecule has 0 spiro atoms. The molecule has 8 heteroatoms. The Hall–Kier alpha value is -2.90. The summed E-state index contributed by atoms with van der Waals surface area (Å²) >= 11 is 0. The van der Waals surface area contributed by atoms with Gasteiger partial charge in [-0.3, -0.25) is 0 Å². The summed E-state index contributed by atoms with van der Waals surface area (Å²) in [4.78, 5) is 18.7. The molecule has 2 N–H and O–H groups in total. The van der Waals surface area contributed by atoms with E-state index in [1.54, 1.807) is 4.90 Å². The van der Waals surface area contributed by atoms with E-state index in [0.717, 1.165) is 42.5 Å². The van der Waals surface area contributed by atoms with Crippen molar-refractivity contribution in [2.75, 3.05) is 18.4 Å². The fourth-order valence-corrected chi connectivity index (χ4v) is 3.64. The summed E-state index contributed by atoms with van der Waals surface area (Å²) in [6, 6.07) is 5.95. The van der Waals surface area contributed by atoms with Crippen LogP contribution in [0.1, 0.15) is 63.8 Å². The number of aromatic nitrogens is 2. The standard InChI is InChI=1S/C22H29N5O3/c1-14(2)24-18-12-16(4-5-17(18)13-23)20-25-19(26-30-20)15-6-10-27(11-7-15)21(28)29-22(3)8-9-22/h4-5,12-15,23-24H,6-11H2,1-3H3. The van der Waals surface area contributed by atoms with Crippen LogP contribution in [0.25, 0.3) is 11.5 Å². The number of nitrogens with one attached hydrogen (secondary N) is 2. The first-order chi connectivity index (χ1) is 14.4. The van der Waals surface area contributed by atoms with Crippen LogP contribution in [0.15, 0.2) is 22.7 Å². The first-order valence-electron chi connectivity index (χ1n) is 10.6. The minimum Gasteiger partial charge on any atom is -0.443 e. The molecule has 0 unspecified atom stereocenters. The Balaban J connectivity index is 1.41. The van der Waals surface area contributed by atoms with Crippen molar-refractivity contribution in [1.29, 1.82) is 5.41 Å². The van der Waals surface area contributed by atoms with Gasteiger partial charge in [-0.05, 0) is 58.6 Å². The second kappa shape index (κ2) is 8.08. The minimum atomic E-state index is -0.243. The number of rotatable bonds is 6. The second-order valence-corrected chi connectivity index (χ2v) is 8.78. The van der Waals surface area contributed by atoms with Crippen LogP contribution in [0, 0.1) is 5.41 Å². The molecule has 160 valence electrons. The van der Waals surface area contributed by atoms with Gasteiger partial charge in [-0.25, -0.2) is 4.79 Å². The van der Waals surface area contributed by atoms with Gasteiger partial charge in [-0.1, -0.05) is 11.2 Å². The smallest absolute Gasteiger partial charge is 0.410 e. The molecule has 0 atom stereocenters. The highest BCUT2D eigenvalue weighted by atomic mass is 16.6. The van der Waals surface area contributed by atoms with Crippen molar-refractivity contribution in [3.05, 3.63) is 29.6 Å². The molecule has 2 aliphatic rings. The summed E-state index contributed by atoms with van der Waals surface area (Å²) in [7, 11) is 0. The van der Waals surface area contributed by atoms with Crippen LogP contribution in [-0.4, -0.2) is 52.1 Å². The molecule has 1 aliphatic carbocycles. The lowest BCUT2D eigenvalue weighted by Crippen LogP contribution is -2.40. The normalized spacial score (nSPS) is 18.3. The highest BCUT2D eigenvalue weighted by Crippen LogP contribution is 2.39. The number of amides is 1. The van der Waals surface area contributed by atoms with Crippen molar-refractivity contribution in [1.82, 2.24) is 15.0 Å². The number of benzene rings is 1. The summed E-state index contributed by atoms with van der Waals surface area (Å²) in [6.45, 7) is 7.37. The van der Waals surface area contributed by atoms with E-state index in [4.69, 9.17) is 14.7 Å². The molecule has 0 radical (unpaired) electrons. The van der Waals surface area contributed by atoms with Gasteiger partial charge >= 0.3 is 6.09 Å². The molecule has 1 aliphatic heterocycles. The Morgan fingerprint density at radius 3 is 2.73 bits per heavy atom. The van der Waals surface area contributed by atoms with E-state index in [-0.39, 0.29) is 23.7 Å². The highest BCUT2D eigenvalue weighted by Gasteiger charge is 2.43. The molecule has 4 rings (SSSR count). The van der Waals surface area contributed by atoms with Crippen LogP contribution in [0.3, 0.4) is 0 Å². The summed E-state index contributed by atoms with van der Waals surface area (Å²) in [5, 5.41) is 15.1. The van der Waals surface area contributed by atoms with E-state index in [1.807, 2.05) is 25.1 Å². The average molecular weight is 412 g/mol. The number of piperidine rings is 1. The minimum absolute atomic E-state index is 0.164. The maximum absolute atomic E-state index is 12.3. The third-order valence-corrected chi connectivity index (χ3v) is 5.75. The van der Waals surface area contributed by atoms with E-state index in [1.165, 1.54) is 6.21 Å². The predicted molar refractivity (Wildman–Crippen MR) is 114 cm³/mol. The molecule has 1 amide bonds. The first kappa shape index (κ1) is 20.4. The van der Waals surface area contributed by atoms with Crippen LogP contribution in [0.4, 0.5) is 10.5 Å². The van der Waals surface area contributed by atoms with Crippen molar-refractivity contribution < 1.29 is 14.1 Å². The van der Waals surface area contributed by atoms with Crippen LogP contribution in [0.2, 0.25) is 0 Å². The van der Waals surface area contributed by atoms with Crippen molar-refractivity contribution in [3.63, 3.8) is 0 Å². The van der Waals surface area contributed by atoms with Crippen LogP contribution in [-0.2, 0) is 4.74 Å². The van der Waals surface area contributed by atoms with Gasteiger partial charge in [-0.15, -0.1) is 0 Å². The van der Waals surface area contributed by atoms with Gasteiger partial charge in [0, 0.05) is 48.1 Å². The monoisotopic (exact) mass is 411 g/mol. The zero-order valence-electron chi connectivity index (χ0n) is 17.8. The third-order valence-electron chi connectivity index (χ3n) is 5.75. The zero-order chi connectivity index (χ0) is 21.3. The Morgan fingerprint density at radius 1 is 1.37 bits per heavy atom. The maximum Gasteiger partial charge on any atom is 0.410 e. The Morgan fingerprint density at radius 2 is 2.10 bits per heavy atom. The van der Waals surface area contributed by atoms with Gasteiger partial charge < -0.3 is 24.9 Å². The van der Waals surface area contributed by atoms with Gasteiger partial charge in [0.15, 0.2) is 5.82 Å². The molecular weight excluding hydrogens is 382 g/mol. The quantitative estimate of drug-likeness (QED) is 0.682. The van der Waals surface area contributed by atoms with Gasteiger partial charge in [-0.2, -0.15) is 4.98 Å². The Bertz CT molecular complexity index is 927. The lowest BCUT2D eigenvalue weighted by molar-refractivity contribution is 0.0518. The number of hydrogen-bond acceptors (Lipinski definition) is 7. The molecule has 1 saturated carbocycles. The van der Waals surface area contributed by atoms with Crippen LogP contribution >= 0.6 is 0 Å². The fourth-order valence-electron chi connectivity index (χ4n) is 3.64. The van der Waals surface area contributed by atoms with Gasteiger partial charge in [0.2, 0.25) is 0 Å². The van der Waals surface area contributed by atoms with Crippen LogP contribution < -0.4 is 5.32 Å². The van der Waals surface area contributed by atoms with E-state index in [2.05, 4.69) is 29.3 Å². The SMILES string of the molecule is CC(C)Nc1cc(-c2nc(C3CCN(C(=O)OC4(C)CC4)CC3)no2)ccc1C=N. The lowest BCUT2D eigenvalue weighted by atomic mass is 9.96. The maximum atomic E-state index is 12.3. The van der Waals surface area contributed by atoms with E-state index in [9.17, 15) is 4.79 Å². The number of ether oxygens (including phenoxy) is 1. The highest BCUT2D eigenvalue weighted by molar-refractivity contribution is 5.87. The van der Waals surface area contributed by atoms with Gasteiger partial charge in [0.05, 0.1) is 0 Å². The molecule has 0 bridgehead atoms. The molecule has 8 nitrogen and oxygen atoms in total.